The van der Waals surface area contributed by atoms with E-state index < -0.39 is 5.60 Å². The van der Waals surface area contributed by atoms with Crippen LogP contribution in [-0.2, 0) is 4.74 Å². The summed E-state index contributed by atoms with van der Waals surface area (Å²) >= 11 is 0. The van der Waals surface area contributed by atoms with Crippen LogP contribution in [0.2, 0.25) is 0 Å². The van der Waals surface area contributed by atoms with Crippen molar-refractivity contribution in [2.45, 2.75) is 83.8 Å². The first-order chi connectivity index (χ1) is 10.5. The fourth-order valence-corrected chi connectivity index (χ4v) is 3.66. The Kier molecular flexibility index (Phi) is 6.54. The molecular formula is C18H34N2O2. The third-order valence-electron chi connectivity index (χ3n) is 4.82. The van der Waals surface area contributed by atoms with Gasteiger partial charge in [0.2, 0.25) is 0 Å². The minimum absolute atomic E-state index is 0.137. The van der Waals surface area contributed by atoms with Crippen molar-refractivity contribution < 1.29 is 9.53 Å². The zero-order valence-corrected chi connectivity index (χ0v) is 14.7. The molecule has 1 aliphatic heterocycles. The third-order valence-corrected chi connectivity index (χ3v) is 4.82. The highest BCUT2D eigenvalue weighted by molar-refractivity contribution is 5.68. The van der Waals surface area contributed by atoms with Crippen LogP contribution in [-0.4, -0.2) is 42.3 Å². The number of nitrogens with zero attached hydrogens (tertiary/aromatic N) is 1. The predicted molar refractivity (Wildman–Crippen MR) is 90.0 cm³/mol. The van der Waals surface area contributed by atoms with E-state index >= 15 is 0 Å². The largest absolute Gasteiger partial charge is 0.444 e. The average molecular weight is 310 g/mol. The number of hydrogen-bond acceptors (Lipinski definition) is 3. The highest BCUT2D eigenvalue weighted by Gasteiger charge is 2.31. The van der Waals surface area contributed by atoms with Crippen molar-refractivity contribution in [3.8, 4) is 0 Å². The molecule has 4 heteroatoms. The lowest BCUT2D eigenvalue weighted by atomic mass is 9.89. The summed E-state index contributed by atoms with van der Waals surface area (Å²) in [6, 6.07) is 0.355. The van der Waals surface area contributed by atoms with Gasteiger partial charge in [-0.3, -0.25) is 0 Å². The van der Waals surface area contributed by atoms with Crippen LogP contribution in [0.3, 0.4) is 0 Å². The lowest BCUT2D eigenvalue weighted by Gasteiger charge is -2.29. The van der Waals surface area contributed by atoms with Gasteiger partial charge in [-0.1, -0.05) is 19.3 Å². The second-order valence-electron chi connectivity index (χ2n) is 7.97. The summed E-state index contributed by atoms with van der Waals surface area (Å²) in [7, 11) is 0. The van der Waals surface area contributed by atoms with Gasteiger partial charge in [0.05, 0.1) is 0 Å². The van der Waals surface area contributed by atoms with Crippen molar-refractivity contribution in [2.24, 2.45) is 5.92 Å². The molecule has 0 aromatic rings. The van der Waals surface area contributed by atoms with E-state index in [2.05, 4.69) is 5.32 Å². The number of rotatable bonds is 5. The van der Waals surface area contributed by atoms with E-state index in [1.54, 1.807) is 0 Å². The van der Waals surface area contributed by atoms with Gasteiger partial charge < -0.3 is 15.0 Å². The van der Waals surface area contributed by atoms with E-state index in [9.17, 15) is 4.79 Å². The van der Waals surface area contributed by atoms with Crippen LogP contribution < -0.4 is 5.32 Å². The first-order valence-corrected chi connectivity index (χ1v) is 9.16. The Morgan fingerprint density at radius 3 is 2.55 bits per heavy atom. The first-order valence-electron chi connectivity index (χ1n) is 9.16. The van der Waals surface area contributed by atoms with E-state index in [-0.39, 0.29) is 6.09 Å². The molecule has 0 aromatic carbocycles. The maximum atomic E-state index is 12.2. The van der Waals surface area contributed by atoms with Crippen LogP contribution in [0.25, 0.3) is 0 Å². The quantitative estimate of drug-likeness (QED) is 0.782. The van der Waals surface area contributed by atoms with Gasteiger partial charge in [0.25, 0.3) is 0 Å². The minimum atomic E-state index is -0.399. The van der Waals surface area contributed by atoms with Crippen LogP contribution >= 0.6 is 0 Å². The molecule has 22 heavy (non-hydrogen) atoms. The molecule has 2 fully saturated rings. The minimum Gasteiger partial charge on any atom is -0.444 e. The highest BCUT2D eigenvalue weighted by atomic mass is 16.6. The van der Waals surface area contributed by atoms with Crippen molar-refractivity contribution in [1.82, 2.24) is 10.2 Å². The van der Waals surface area contributed by atoms with Crippen molar-refractivity contribution in [1.29, 1.82) is 0 Å². The Hall–Kier alpha value is -0.770. The number of ether oxygens (including phenoxy) is 1. The van der Waals surface area contributed by atoms with E-state index in [0.717, 1.165) is 44.8 Å². The number of hydrogen-bond donors (Lipinski definition) is 1. The molecule has 1 heterocycles. The predicted octanol–water partition coefficient (Wildman–Crippen LogP) is 3.95. The van der Waals surface area contributed by atoms with Crippen molar-refractivity contribution in [3.05, 3.63) is 0 Å². The van der Waals surface area contributed by atoms with E-state index in [0.29, 0.717) is 6.04 Å². The Labute approximate surface area is 136 Å². The average Bonchev–Trinajstić information content (AvgIpc) is 2.91. The van der Waals surface area contributed by atoms with E-state index in [1.165, 1.54) is 32.1 Å². The zero-order chi connectivity index (χ0) is 16.0. The molecule has 128 valence electrons. The molecule has 0 aromatic heterocycles. The second kappa shape index (κ2) is 8.19. The highest BCUT2D eigenvalue weighted by Crippen LogP contribution is 2.24. The van der Waals surface area contributed by atoms with Gasteiger partial charge in [-0.2, -0.15) is 0 Å². The van der Waals surface area contributed by atoms with Crippen molar-refractivity contribution in [3.63, 3.8) is 0 Å². The number of carbonyl (C=O) groups excluding carboxylic acids is 1. The second-order valence-corrected chi connectivity index (χ2v) is 7.97. The molecule has 0 radical (unpaired) electrons. The maximum Gasteiger partial charge on any atom is 0.410 e. The molecule has 1 atom stereocenters. The summed E-state index contributed by atoms with van der Waals surface area (Å²) in [4.78, 5) is 14.2. The van der Waals surface area contributed by atoms with Crippen LogP contribution in [0, 0.1) is 5.92 Å². The summed E-state index contributed by atoms with van der Waals surface area (Å²) in [5.74, 6) is 0.874. The molecule has 1 unspecified atom stereocenters. The molecule has 1 N–H and O–H groups in total. The number of amides is 1. The number of carbonyl (C=O) groups is 1. The molecule has 1 saturated carbocycles. The fourth-order valence-electron chi connectivity index (χ4n) is 3.66. The summed E-state index contributed by atoms with van der Waals surface area (Å²) in [5.41, 5.74) is -0.399. The van der Waals surface area contributed by atoms with Gasteiger partial charge in [-0.05, 0) is 71.9 Å². The smallest absolute Gasteiger partial charge is 0.410 e. The Balaban J connectivity index is 1.66. The molecule has 4 nitrogen and oxygen atoms in total. The van der Waals surface area contributed by atoms with E-state index in [4.69, 9.17) is 4.74 Å². The molecule has 1 saturated heterocycles. The SMILES string of the molecule is CC(C)(C)OC(=O)N1CCCC1CCNCC1CCCCC1. The van der Waals surface area contributed by atoms with Crippen molar-refractivity contribution in [2.75, 3.05) is 19.6 Å². The lowest BCUT2D eigenvalue weighted by molar-refractivity contribution is 0.0220. The van der Waals surface area contributed by atoms with Crippen LogP contribution in [0.4, 0.5) is 4.79 Å². The Morgan fingerprint density at radius 1 is 1.14 bits per heavy atom. The Bertz CT molecular complexity index is 345. The molecule has 0 bridgehead atoms. The van der Waals surface area contributed by atoms with Crippen LogP contribution in [0.15, 0.2) is 0 Å². The van der Waals surface area contributed by atoms with E-state index in [1.807, 2.05) is 25.7 Å². The number of nitrogens with one attached hydrogen (secondary N) is 1. The van der Waals surface area contributed by atoms with Gasteiger partial charge >= 0.3 is 6.09 Å². The normalized spacial score (nSPS) is 23.8. The Morgan fingerprint density at radius 2 is 1.86 bits per heavy atom. The summed E-state index contributed by atoms with van der Waals surface area (Å²) in [5, 5.41) is 3.61. The van der Waals surface area contributed by atoms with Crippen LogP contribution in [0.5, 0.6) is 0 Å². The third kappa shape index (κ3) is 5.79. The molecule has 0 spiro atoms. The topological polar surface area (TPSA) is 41.6 Å². The molecular weight excluding hydrogens is 276 g/mol. The summed E-state index contributed by atoms with van der Waals surface area (Å²) in [6.45, 7) is 8.81. The van der Waals surface area contributed by atoms with Gasteiger partial charge in [0.1, 0.15) is 5.60 Å². The zero-order valence-electron chi connectivity index (χ0n) is 14.7. The van der Waals surface area contributed by atoms with Crippen molar-refractivity contribution >= 4 is 6.09 Å². The van der Waals surface area contributed by atoms with Gasteiger partial charge in [-0.25, -0.2) is 4.79 Å². The molecule has 1 amide bonds. The standard InChI is InChI=1S/C18H34N2O2/c1-18(2,3)22-17(21)20-13-7-10-16(20)11-12-19-14-15-8-5-4-6-9-15/h15-16,19H,4-14H2,1-3H3. The first kappa shape index (κ1) is 17.6. The fraction of sp³-hybridized carbons (Fsp3) is 0.944. The summed E-state index contributed by atoms with van der Waals surface area (Å²) < 4.78 is 5.52. The lowest BCUT2D eigenvalue weighted by Crippen LogP contribution is -2.41. The summed E-state index contributed by atoms with van der Waals surface area (Å²) in [6.07, 6.45) is 10.1. The number of likely N-dealkylation sites (tertiary alicyclic amines) is 1. The monoisotopic (exact) mass is 310 g/mol. The molecule has 2 aliphatic rings. The maximum absolute atomic E-state index is 12.2. The molecule has 1 aliphatic carbocycles. The van der Waals surface area contributed by atoms with Gasteiger partial charge in [0, 0.05) is 12.6 Å². The van der Waals surface area contributed by atoms with Gasteiger partial charge in [0.15, 0.2) is 0 Å². The molecule has 2 rings (SSSR count). The van der Waals surface area contributed by atoms with Gasteiger partial charge in [-0.15, -0.1) is 0 Å². The van der Waals surface area contributed by atoms with Crippen LogP contribution in [0.1, 0.15) is 72.1 Å².